The zero-order valence-corrected chi connectivity index (χ0v) is 15.9. The molecule has 5 nitrogen and oxygen atoms in total. The SMILES string of the molecule is O=C(CSc1ccc2ccccc2c1)NNC(=O)Cc1c[nH]c2ccccc12. The van der Waals surface area contributed by atoms with E-state index in [0.29, 0.717) is 0 Å². The fourth-order valence-electron chi connectivity index (χ4n) is 3.08. The first-order valence-corrected chi connectivity index (χ1v) is 9.92. The van der Waals surface area contributed by atoms with Crippen molar-refractivity contribution >= 4 is 45.3 Å². The highest BCUT2D eigenvalue weighted by Gasteiger charge is 2.10. The van der Waals surface area contributed by atoms with Gasteiger partial charge in [-0.05, 0) is 34.5 Å². The number of fused-ring (bicyclic) bond motifs is 2. The van der Waals surface area contributed by atoms with Crippen LogP contribution < -0.4 is 10.9 Å². The lowest BCUT2D eigenvalue weighted by Gasteiger charge is -2.07. The molecule has 28 heavy (non-hydrogen) atoms. The van der Waals surface area contributed by atoms with Crippen LogP contribution in [0.1, 0.15) is 5.56 Å². The van der Waals surface area contributed by atoms with Crippen molar-refractivity contribution in [3.05, 3.63) is 78.5 Å². The van der Waals surface area contributed by atoms with Gasteiger partial charge in [-0.25, -0.2) is 0 Å². The van der Waals surface area contributed by atoms with Crippen LogP contribution in [0.3, 0.4) is 0 Å². The van der Waals surface area contributed by atoms with Crippen molar-refractivity contribution < 1.29 is 9.59 Å². The first-order valence-electron chi connectivity index (χ1n) is 8.93. The summed E-state index contributed by atoms with van der Waals surface area (Å²) in [4.78, 5) is 28.3. The Morgan fingerprint density at radius 1 is 0.857 bits per heavy atom. The topological polar surface area (TPSA) is 74.0 Å². The molecule has 0 fully saturated rings. The lowest BCUT2D eigenvalue weighted by molar-refractivity contribution is -0.127. The molecule has 4 aromatic rings. The summed E-state index contributed by atoms with van der Waals surface area (Å²) in [6.45, 7) is 0. The largest absolute Gasteiger partial charge is 0.361 e. The van der Waals surface area contributed by atoms with E-state index in [1.165, 1.54) is 17.1 Å². The molecule has 3 aromatic carbocycles. The van der Waals surface area contributed by atoms with E-state index < -0.39 is 0 Å². The first-order chi connectivity index (χ1) is 13.7. The summed E-state index contributed by atoms with van der Waals surface area (Å²) in [7, 11) is 0. The Balaban J connectivity index is 1.27. The van der Waals surface area contributed by atoms with E-state index in [1.807, 2.05) is 60.8 Å². The van der Waals surface area contributed by atoms with Crippen molar-refractivity contribution in [1.29, 1.82) is 0 Å². The van der Waals surface area contributed by atoms with Crippen molar-refractivity contribution in [3.63, 3.8) is 0 Å². The van der Waals surface area contributed by atoms with Gasteiger partial charge in [0.25, 0.3) is 0 Å². The van der Waals surface area contributed by atoms with Gasteiger partial charge in [-0.2, -0.15) is 0 Å². The Morgan fingerprint density at radius 2 is 1.61 bits per heavy atom. The Hall–Kier alpha value is -3.25. The predicted octanol–water partition coefficient (Wildman–Crippen LogP) is 3.80. The maximum Gasteiger partial charge on any atom is 0.248 e. The smallest absolute Gasteiger partial charge is 0.248 e. The second-order valence-electron chi connectivity index (χ2n) is 6.43. The van der Waals surface area contributed by atoms with E-state index >= 15 is 0 Å². The predicted molar refractivity (Wildman–Crippen MR) is 113 cm³/mol. The number of aromatic nitrogens is 1. The Morgan fingerprint density at radius 3 is 2.50 bits per heavy atom. The second-order valence-corrected chi connectivity index (χ2v) is 7.48. The molecule has 0 aliphatic carbocycles. The van der Waals surface area contributed by atoms with E-state index in [-0.39, 0.29) is 24.0 Å². The van der Waals surface area contributed by atoms with E-state index in [4.69, 9.17) is 0 Å². The minimum Gasteiger partial charge on any atom is -0.361 e. The van der Waals surface area contributed by atoms with Crippen LogP contribution in [0, 0.1) is 0 Å². The van der Waals surface area contributed by atoms with Crippen molar-refractivity contribution in [2.45, 2.75) is 11.3 Å². The molecule has 0 bridgehead atoms. The second kappa shape index (κ2) is 8.19. The lowest BCUT2D eigenvalue weighted by atomic mass is 10.1. The number of benzene rings is 3. The number of hydrogen-bond acceptors (Lipinski definition) is 3. The van der Waals surface area contributed by atoms with Crippen molar-refractivity contribution in [2.75, 3.05) is 5.75 Å². The highest BCUT2D eigenvalue weighted by molar-refractivity contribution is 8.00. The third-order valence-electron chi connectivity index (χ3n) is 4.46. The Bertz CT molecular complexity index is 1150. The van der Waals surface area contributed by atoms with E-state index in [0.717, 1.165) is 26.7 Å². The normalized spacial score (nSPS) is 10.9. The number of hydrogen-bond donors (Lipinski definition) is 3. The number of nitrogens with one attached hydrogen (secondary N) is 3. The molecule has 0 unspecified atom stereocenters. The Kier molecular flexibility index (Phi) is 5.30. The van der Waals surface area contributed by atoms with Gasteiger partial charge in [-0.3, -0.25) is 20.4 Å². The number of hydrazine groups is 1. The number of carbonyl (C=O) groups excluding carboxylic acids is 2. The molecule has 3 N–H and O–H groups in total. The van der Waals surface area contributed by atoms with Gasteiger partial charge in [0, 0.05) is 22.0 Å². The minimum absolute atomic E-state index is 0.197. The molecule has 0 spiro atoms. The number of H-pyrrole nitrogens is 1. The molecule has 0 atom stereocenters. The zero-order valence-electron chi connectivity index (χ0n) is 15.1. The monoisotopic (exact) mass is 389 g/mol. The molecule has 140 valence electrons. The summed E-state index contributed by atoms with van der Waals surface area (Å²) in [5.41, 5.74) is 6.85. The average Bonchev–Trinajstić information content (AvgIpc) is 3.13. The van der Waals surface area contributed by atoms with Gasteiger partial charge in [0.05, 0.1) is 12.2 Å². The summed E-state index contributed by atoms with van der Waals surface area (Å²) in [5, 5.41) is 3.32. The molecule has 0 saturated heterocycles. The third-order valence-corrected chi connectivity index (χ3v) is 5.45. The maximum absolute atomic E-state index is 12.1. The van der Waals surface area contributed by atoms with Crippen LogP contribution in [-0.2, 0) is 16.0 Å². The molecule has 0 aliphatic heterocycles. The highest BCUT2D eigenvalue weighted by atomic mass is 32.2. The number of para-hydroxylation sites is 1. The van der Waals surface area contributed by atoms with Crippen LogP contribution in [0.4, 0.5) is 0 Å². The van der Waals surface area contributed by atoms with Crippen LogP contribution in [0.15, 0.2) is 77.8 Å². The molecule has 4 rings (SSSR count). The third kappa shape index (κ3) is 4.18. The summed E-state index contributed by atoms with van der Waals surface area (Å²) in [5.74, 6) is -0.273. The van der Waals surface area contributed by atoms with Gasteiger partial charge in [0.15, 0.2) is 0 Å². The summed E-state index contributed by atoms with van der Waals surface area (Å²) < 4.78 is 0. The fourth-order valence-corrected chi connectivity index (χ4v) is 3.82. The summed E-state index contributed by atoms with van der Waals surface area (Å²) in [6.07, 6.45) is 2.02. The highest BCUT2D eigenvalue weighted by Crippen LogP contribution is 2.23. The molecule has 0 aliphatic rings. The summed E-state index contributed by atoms with van der Waals surface area (Å²) in [6, 6.07) is 22.0. The molecule has 2 amide bonds. The average molecular weight is 389 g/mol. The van der Waals surface area contributed by atoms with Gasteiger partial charge in [0.2, 0.25) is 11.8 Å². The van der Waals surface area contributed by atoms with Gasteiger partial charge in [-0.1, -0.05) is 48.5 Å². The number of rotatable bonds is 5. The van der Waals surface area contributed by atoms with E-state index in [9.17, 15) is 9.59 Å². The van der Waals surface area contributed by atoms with Crippen LogP contribution in [0.2, 0.25) is 0 Å². The minimum atomic E-state index is -0.256. The van der Waals surface area contributed by atoms with E-state index in [1.54, 1.807) is 0 Å². The van der Waals surface area contributed by atoms with Crippen LogP contribution in [0.25, 0.3) is 21.7 Å². The molecule has 0 radical (unpaired) electrons. The van der Waals surface area contributed by atoms with Crippen molar-refractivity contribution in [1.82, 2.24) is 15.8 Å². The van der Waals surface area contributed by atoms with Crippen molar-refractivity contribution in [3.8, 4) is 0 Å². The number of thioether (sulfide) groups is 1. The number of aromatic amines is 1. The van der Waals surface area contributed by atoms with Gasteiger partial charge in [-0.15, -0.1) is 11.8 Å². The zero-order chi connectivity index (χ0) is 19.3. The molecular formula is C22H19N3O2S. The van der Waals surface area contributed by atoms with Crippen molar-refractivity contribution in [2.24, 2.45) is 0 Å². The van der Waals surface area contributed by atoms with Crippen LogP contribution in [0.5, 0.6) is 0 Å². The fraction of sp³-hybridized carbons (Fsp3) is 0.0909. The van der Waals surface area contributed by atoms with Gasteiger partial charge in [0.1, 0.15) is 0 Å². The molecule has 1 heterocycles. The lowest BCUT2D eigenvalue weighted by Crippen LogP contribution is -2.43. The quantitative estimate of drug-likeness (QED) is 0.359. The first kappa shape index (κ1) is 18.1. The molecule has 6 heteroatoms. The Labute approximate surface area is 166 Å². The standard InChI is InChI=1S/C22H19N3O2S/c26-21(12-17-13-23-20-8-4-3-7-19(17)20)24-25-22(27)14-28-18-10-9-15-5-1-2-6-16(15)11-18/h1-11,13,23H,12,14H2,(H,24,26)(H,25,27). The van der Waals surface area contributed by atoms with Crippen LogP contribution in [-0.4, -0.2) is 22.6 Å². The molecule has 0 saturated carbocycles. The number of amides is 2. The molecule has 1 aromatic heterocycles. The van der Waals surface area contributed by atoms with Gasteiger partial charge < -0.3 is 4.98 Å². The maximum atomic E-state index is 12.1. The van der Waals surface area contributed by atoms with E-state index in [2.05, 4.69) is 28.0 Å². The van der Waals surface area contributed by atoms with Crippen LogP contribution >= 0.6 is 11.8 Å². The number of carbonyl (C=O) groups is 2. The molecular weight excluding hydrogens is 370 g/mol. The summed E-state index contributed by atoms with van der Waals surface area (Å²) >= 11 is 1.43. The van der Waals surface area contributed by atoms with Gasteiger partial charge >= 0.3 is 0 Å².